The van der Waals surface area contributed by atoms with Gasteiger partial charge in [-0.25, -0.2) is 0 Å². The first-order chi connectivity index (χ1) is 3.81. The van der Waals surface area contributed by atoms with Crippen molar-refractivity contribution in [2.75, 3.05) is 12.8 Å². The van der Waals surface area contributed by atoms with Crippen molar-refractivity contribution in [3.05, 3.63) is 0 Å². The summed E-state index contributed by atoms with van der Waals surface area (Å²) in [6.45, 7) is 4.52. The first-order valence-corrected chi connectivity index (χ1v) is 4.49. The number of hydrogen-bond acceptors (Lipinski definition) is 2. The molecule has 2 nitrogen and oxygen atoms in total. The van der Waals surface area contributed by atoms with E-state index < -0.39 is 8.03 Å². The Bertz CT molecular complexity index is 77.4. The Hall–Kier alpha value is 1.76. The predicted octanol–water partition coefficient (Wildman–Crippen LogP) is 0.991. The Morgan fingerprint density at radius 2 is 2.00 bits per heavy atom. The molecule has 0 aliphatic carbocycles. The van der Waals surface area contributed by atoms with Gasteiger partial charge in [0, 0.05) is 6.16 Å². The van der Waals surface area contributed by atoms with E-state index in [0.717, 1.165) is 6.42 Å². The molecule has 0 bridgehead atoms. The molecule has 0 spiro atoms. The van der Waals surface area contributed by atoms with Crippen LogP contribution >= 0.6 is 8.03 Å². The molecule has 0 aromatic carbocycles. The Morgan fingerprint density at radius 1 is 1.44 bits per heavy atom. The van der Waals surface area contributed by atoms with Crippen LogP contribution < -0.4 is 0 Å². The molecule has 9 heavy (non-hydrogen) atoms. The maximum absolute atomic E-state index is 10.5. The molecule has 0 aromatic rings. The van der Waals surface area contributed by atoms with Crippen LogP contribution in [0.25, 0.3) is 0 Å². The van der Waals surface area contributed by atoms with Crippen LogP contribution in [0.15, 0.2) is 0 Å². The molecule has 4 heteroatoms. The molecule has 0 heterocycles. The topological polar surface area (TPSA) is 26.3 Å². The van der Waals surface area contributed by atoms with Crippen molar-refractivity contribution in [2.45, 2.75) is 20.3 Å². The summed E-state index contributed by atoms with van der Waals surface area (Å²) in [5.41, 5.74) is 0. The van der Waals surface area contributed by atoms with E-state index in [0.29, 0.717) is 12.8 Å². The van der Waals surface area contributed by atoms with Gasteiger partial charge in [0.2, 0.25) is 0 Å². The molecular weight excluding hydrogens is 260 g/mol. The fraction of sp³-hybridized carbons (Fsp3) is 1.00. The van der Waals surface area contributed by atoms with E-state index in [2.05, 4.69) is 0 Å². The van der Waals surface area contributed by atoms with Gasteiger partial charge in [-0.15, -0.1) is 0 Å². The standard InChI is InChI=1S/C5H13O2P.Ba.2H/c1-3-5-7-8(6)4-2;;;/h8H,3-5H2,1-2H3;;;. The molecule has 0 rings (SSSR count). The van der Waals surface area contributed by atoms with Crippen molar-refractivity contribution in [1.29, 1.82) is 0 Å². The molecule has 1 unspecified atom stereocenters. The van der Waals surface area contributed by atoms with Gasteiger partial charge in [0.1, 0.15) is 0 Å². The van der Waals surface area contributed by atoms with Crippen LogP contribution in [0.3, 0.4) is 0 Å². The van der Waals surface area contributed by atoms with E-state index >= 15 is 0 Å². The van der Waals surface area contributed by atoms with Crippen molar-refractivity contribution in [3.8, 4) is 0 Å². The van der Waals surface area contributed by atoms with Crippen molar-refractivity contribution in [3.63, 3.8) is 0 Å². The summed E-state index contributed by atoms with van der Waals surface area (Å²) in [6.07, 6.45) is 1.63. The summed E-state index contributed by atoms with van der Waals surface area (Å²) < 4.78 is 15.4. The van der Waals surface area contributed by atoms with Gasteiger partial charge in [-0.2, -0.15) is 0 Å². The molecule has 0 amide bonds. The van der Waals surface area contributed by atoms with E-state index in [1.165, 1.54) is 0 Å². The van der Waals surface area contributed by atoms with Gasteiger partial charge < -0.3 is 4.52 Å². The number of rotatable bonds is 4. The fourth-order valence-electron chi connectivity index (χ4n) is 0.318. The summed E-state index contributed by atoms with van der Waals surface area (Å²) in [5.74, 6) is 0. The second kappa shape index (κ2) is 9.76. The Morgan fingerprint density at radius 3 is 2.33 bits per heavy atom. The number of hydrogen-bond donors (Lipinski definition) is 0. The van der Waals surface area contributed by atoms with Gasteiger partial charge in [0.25, 0.3) is 0 Å². The van der Waals surface area contributed by atoms with Gasteiger partial charge in [-0.05, 0) is 6.42 Å². The molecule has 1 atom stereocenters. The normalized spacial score (nSPS) is 12.2. The first kappa shape index (κ1) is 13.4. The second-order valence-electron chi connectivity index (χ2n) is 1.57. The molecule has 54 valence electrons. The average molecular weight is 275 g/mol. The summed E-state index contributed by atoms with van der Waals surface area (Å²) in [6, 6.07) is 0. The minimum absolute atomic E-state index is 0. The van der Waals surface area contributed by atoms with Crippen LogP contribution in [0.4, 0.5) is 0 Å². The zero-order valence-electron chi connectivity index (χ0n) is 5.44. The molecule has 0 aliphatic heterocycles. The fourth-order valence-corrected chi connectivity index (χ4v) is 0.954. The first-order valence-electron chi connectivity index (χ1n) is 2.96. The SMILES string of the molecule is CCCO[PH](=O)CC.[BaH2]. The molecule has 0 saturated carbocycles. The van der Waals surface area contributed by atoms with E-state index in [4.69, 9.17) is 4.52 Å². The van der Waals surface area contributed by atoms with Crippen LogP contribution in [-0.2, 0) is 9.09 Å². The molecule has 0 saturated heterocycles. The van der Waals surface area contributed by atoms with Crippen LogP contribution in [0.2, 0.25) is 0 Å². The summed E-state index contributed by atoms with van der Waals surface area (Å²) in [5, 5.41) is 0. The molecule has 0 radical (unpaired) electrons. The van der Waals surface area contributed by atoms with E-state index in [1.54, 1.807) is 0 Å². The molecule has 0 aromatic heterocycles. The zero-order chi connectivity index (χ0) is 6.41. The van der Waals surface area contributed by atoms with Crippen LogP contribution in [0, 0.1) is 0 Å². The molecule has 0 fully saturated rings. The van der Waals surface area contributed by atoms with Gasteiger partial charge in [-0.1, -0.05) is 13.8 Å². The Labute approximate surface area is 97.7 Å². The van der Waals surface area contributed by atoms with Gasteiger partial charge in [0.05, 0.1) is 6.61 Å². The van der Waals surface area contributed by atoms with Gasteiger partial charge in [0.15, 0.2) is 8.03 Å². The van der Waals surface area contributed by atoms with Crippen molar-refractivity contribution < 1.29 is 9.09 Å². The maximum atomic E-state index is 10.5. The molecule has 0 aliphatic rings. The average Bonchev–Trinajstić information content (AvgIpc) is 1.83. The van der Waals surface area contributed by atoms with Crippen molar-refractivity contribution in [2.24, 2.45) is 0 Å². The third kappa shape index (κ3) is 9.76. The van der Waals surface area contributed by atoms with E-state index in [-0.39, 0.29) is 48.9 Å². The van der Waals surface area contributed by atoms with Gasteiger partial charge in [-0.3, -0.25) is 4.57 Å². The van der Waals surface area contributed by atoms with Crippen molar-refractivity contribution in [1.82, 2.24) is 0 Å². The summed E-state index contributed by atoms with van der Waals surface area (Å²) >= 11 is 0. The summed E-state index contributed by atoms with van der Waals surface area (Å²) in [4.78, 5) is 0. The van der Waals surface area contributed by atoms with E-state index in [1.807, 2.05) is 13.8 Å². The Balaban J connectivity index is 0. The second-order valence-corrected chi connectivity index (χ2v) is 3.31. The third-order valence-electron chi connectivity index (χ3n) is 0.756. The van der Waals surface area contributed by atoms with E-state index in [9.17, 15) is 4.57 Å². The molecular formula is C5H15BaO2P. The molecule has 0 N–H and O–H groups in total. The Kier molecular flexibility index (Phi) is 14.5. The third-order valence-corrected chi connectivity index (χ3v) is 1.86. The van der Waals surface area contributed by atoms with Crippen LogP contribution in [0.1, 0.15) is 20.3 Å². The van der Waals surface area contributed by atoms with Gasteiger partial charge >= 0.3 is 48.9 Å². The van der Waals surface area contributed by atoms with Crippen LogP contribution in [-0.4, -0.2) is 61.6 Å². The quantitative estimate of drug-likeness (QED) is 0.565. The monoisotopic (exact) mass is 276 g/mol. The zero-order valence-corrected chi connectivity index (χ0v) is 6.44. The minimum atomic E-state index is -1.64. The van der Waals surface area contributed by atoms with Crippen LogP contribution in [0.5, 0.6) is 0 Å². The summed E-state index contributed by atoms with van der Waals surface area (Å²) in [7, 11) is -1.64. The van der Waals surface area contributed by atoms with Crippen molar-refractivity contribution >= 4 is 56.9 Å². The predicted molar refractivity (Wildman–Crippen MR) is 44.3 cm³/mol.